The lowest BCUT2D eigenvalue weighted by molar-refractivity contribution is 0.271. The van der Waals surface area contributed by atoms with Crippen molar-refractivity contribution < 1.29 is 4.52 Å². The molecule has 1 atom stereocenters. The van der Waals surface area contributed by atoms with Gasteiger partial charge in [-0.2, -0.15) is 4.98 Å². The Labute approximate surface area is 108 Å². The highest BCUT2D eigenvalue weighted by Crippen LogP contribution is 2.29. The van der Waals surface area contributed by atoms with Gasteiger partial charge in [-0.05, 0) is 44.7 Å². The van der Waals surface area contributed by atoms with Crippen molar-refractivity contribution in [3.05, 3.63) is 11.7 Å². The molecule has 1 unspecified atom stereocenters. The van der Waals surface area contributed by atoms with E-state index in [1.165, 1.54) is 32.1 Å². The Kier molecular flexibility index (Phi) is 3.61. The molecule has 2 heterocycles. The van der Waals surface area contributed by atoms with Gasteiger partial charge in [0.05, 0.1) is 6.04 Å². The predicted molar refractivity (Wildman–Crippen MR) is 67.9 cm³/mol. The number of aromatic nitrogens is 2. The molecule has 0 bridgehead atoms. The summed E-state index contributed by atoms with van der Waals surface area (Å²) in [5.41, 5.74) is 6.14. The second-order valence-electron chi connectivity index (χ2n) is 5.66. The zero-order valence-corrected chi connectivity index (χ0v) is 10.8. The molecular weight excluding hydrogens is 228 g/mol. The molecule has 3 rings (SSSR count). The zero-order chi connectivity index (χ0) is 12.4. The number of nitrogens with two attached hydrogens (primary N) is 1. The topological polar surface area (TPSA) is 68.2 Å². The smallest absolute Gasteiger partial charge is 0.226 e. The van der Waals surface area contributed by atoms with Crippen LogP contribution in [0.4, 0.5) is 0 Å². The molecular formula is C13H22N4O. The van der Waals surface area contributed by atoms with E-state index in [0.717, 1.165) is 37.9 Å². The first-order valence-corrected chi connectivity index (χ1v) is 7.11. The van der Waals surface area contributed by atoms with Crippen LogP contribution in [0.1, 0.15) is 49.9 Å². The van der Waals surface area contributed by atoms with Crippen LogP contribution in [-0.4, -0.2) is 34.7 Å². The number of likely N-dealkylation sites (tertiary alicyclic amines) is 1. The summed E-state index contributed by atoms with van der Waals surface area (Å²) >= 11 is 0. The van der Waals surface area contributed by atoms with E-state index in [9.17, 15) is 0 Å². The van der Waals surface area contributed by atoms with E-state index in [4.69, 9.17) is 10.3 Å². The minimum Gasteiger partial charge on any atom is -0.339 e. The second-order valence-corrected chi connectivity index (χ2v) is 5.66. The Balaban J connectivity index is 1.53. The van der Waals surface area contributed by atoms with Crippen LogP contribution in [0.15, 0.2) is 4.52 Å². The maximum absolute atomic E-state index is 6.14. The van der Waals surface area contributed by atoms with Gasteiger partial charge in [-0.3, -0.25) is 0 Å². The van der Waals surface area contributed by atoms with Gasteiger partial charge in [0.25, 0.3) is 0 Å². The first-order valence-electron chi connectivity index (χ1n) is 7.11. The van der Waals surface area contributed by atoms with Gasteiger partial charge in [0, 0.05) is 13.0 Å². The summed E-state index contributed by atoms with van der Waals surface area (Å²) in [4.78, 5) is 6.83. The normalized spacial score (nSPS) is 23.2. The summed E-state index contributed by atoms with van der Waals surface area (Å²) in [7, 11) is 0. The minimum absolute atomic E-state index is 0.109. The van der Waals surface area contributed by atoms with Crippen molar-refractivity contribution in [3.8, 4) is 0 Å². The van der Waals surface area contributed by atoms with E-state index in [-0.39, 0.29) is 6.04 Å². The van der Waals surface area contributed by atoms with Crippen molar-refractivity contribution in [2.75, 3.05) is 19.6 Å². The molecule has 2 N–H and O–H groups in total. The molecule has 5 heteroatoms. The molecule has 0 spiro atoms. The molecule has 1 saturated heterocycles. The Morgan fingerprint density at radius 1 is 1.28 bits per heavy atom. The molecule has 100 valence electrons. The van der Waals surface area contributed by atoms with E-state index in [0.29, 0.717) is 5.82 Å². The number of hydrogen-bond donors (Lipinski definition) is 1. The summed E-state index contributed by atoms with van der Waals surface area (Å²) in [6.07, 6.45) is 7.45. The molecule has 2 aliphatic rings. The quantitative estimate of drug-likeness (QED) is 0.858. The summed E-state index contributed by atoms with van der Waals surface area (Å²) < 4.78 is 5.30. The Bertz CT molecular complexity index is 382. The maximum atomic E-state index is 6.14. The fraction of sp³-hybridized carbons (Fsp3) is 0.846. The largest absolute Gasteiger partial charge is 0.339 e. The fourth-order valence-corrected chi connectivity index (χ4v) is 2.77. The lowest BCUT2D eigenvalue weighted by Gasteiger charge is -2.23. The van der Waals surface area contributed by atoms with Gasteiger partial charge in [-0.15, -0.1) is 0 Å². The van der Waals surface area contributed by atoms with E-state index < -0.39 is 0 Å². The van der Waals surface area contributed by atoms with Crippen LogP contribution >= 0.6 is 0 Å². The van der Waals surface area contributed by atoms with Crippen molar-refractivity contribution >= 4 is 0 Å². The van der Waals surface area contributed by atoms with Gasteiger partial charge in [0.2, 0.25) is 5.89 Å². The van der Waals surface area contributed by atoms with Crippen LogP contribution in [0.25, 0.3) is 0 Å². The van der Waals surface area contributed by atoms with Crippen LogP contribution in [0.5, 0.6) is 0 Å². The van der Waals surface area contributed by atoms with Gasteiger partial charge in [-0.25, -0.2) is 0 Å². The highest BCUT2D eigenvalue weighted by Gasteiger charge is 2.23. The number of hydrogen-bond acceptors (Lipinski definition) is 5. The lowest BCUT2D eigenvalue weighted by Crippen LogP contribution is -2.30. The minimum atomic E-state index is -0.109. The highest BCUT2D eigenvalue weighted by molar-refractivity contribution is 4.96. The zero-order valence-electron chi connectivity index (χ0n) is 10.8. The molecule has 1 aromatic heterocycles. The van der Waals surface area contributed by atoms with Crippen molar-refractivity contribution in [1.29, 1.82) is 0 Å². The molecule has 5 nitrogen and oxygen atoms in total. The summed E-state index contributed by atoms with van der Waals surface area (Å²) in [5.74, 6) is 2.20. The Hall–Kier alpha value is -0.940. The Morgan fingerprint density at radius 3 is 2.72 bits per heavy atom. The third-order valence-corrected chi connectivity index (χ3v) is 4.16. The van der Waals surface area contributed by atoms with Gasteiger partial charge in [-0.1, -0.05) is 11.6 Å². The standard InChI is InChI=1S/C13H22N4O/c14-11(9-17-6-1-2-7-17)13-15-12(18-16-13)8-10-4-3-5-10/h10-11H,1-9,14H2. The van der Waals surface area contributed by atoms with Crippen LogP contribution in [0, 0.1) is 5.92 Å². The molecule has 1 aromatic rings. The maximum Gasteiger partial charge on any atom is 0.226 e. The predicted octanol–water partition coefficient (Wildman–Crippen LogP) is 1.51. The van der Waals surface area contributed by atoms with Crippen molar-refractivity contribution in [2.45, 2.75) is 44.6 Å². The van der Waals surface area contributed by atoms with E-state index in [1.807, 2.05) is 0 Å². The lowest BCUT2D eigenvalue weighted by atomic mass is 9.83. The molecule has 1 aliphatic heterocycles. The van der Waals surface area contributed by atoms with Crippen LogP contribution in [0.3, 0.4) is 0 Å². The van der Waals surface area contributed by atoms with Gasteiger partial charge in [0.1, 0.15) is 0 Å². The first-order chi connectivity index (χ1) is 8.81. The van der Waals surface area contributed by atoms with E-state index in [2.05, 4.69) is 15.0 Å². The van der Waals surface area contributed by atoms with Crippen molar-refractivity contribution in [3.63, 3.8) is 0 Å². The number of rotatable bonds is 5. The van der Waals surface area contributed by atoms with Gasteiger partial charge >= 0.3 is 0 Å². The van der Waals surface area contributed by atoms with Gasteiger partial charge < -0.3 is 15.2 Å². The van der Waals surface area contributed by atoms with Crippen LogP contribution in [0.2, 0.25) is 0 Å². The molecule has 1 saturated carbocycles. The summed E-state index contributed by atoms with van der Waals surface area (Å²) in [6.45, 7) is 3.16. The molecule has 2 fully saturated rings. The second kappa shape index (κ2) is 5.36. The molecule has 0 amide bonds. The highest BCUT2D eigenvalue weighted by atomic mass is 16.5. The third kappa shape index (κ3) is 2.72. The van der Waals surface area contributed by atoms with Crippen LogP contribution in [-0.2, 0) is 6.42 Å². The van der Waals surface area contributed by atoms with Gasteiger partial charge in [0.15, 0.2) is 5.82 Å². The van der Waals surface area contributed by atoms with Crippen LogP contribution < -0.4 is 5.73 Å². The Morgan fingerprint density at radius 2 is 2.06 bits per heavy atom. The van der Waals surface area contributed by atoms with E-state index in [1.54, 1.807) is 0 Å². The number of nitrogens with zero attached hydrogens (tertiary/aromatic N) is 3. The van der Waals surface area contributed by atoms with E-state index >= 15 is 0 Å². The third-order valence-electron chi connectivity index (χ3n) is 4.16. The SMILES string of the molecule is NC(CN1CCCC1)c1noc(CC2CCC2)n1. The van der Waals surface area contributed by atoms with Crippen molar-refractivity contribution in [1.82, 2.24) is 15.0 Å². The first kappa shape index (κ1) is 12.1. The summed E-state index contributed by atoms with van der Waals surface area (Å²) in [6, 6.07) is -0.109. The average Bonchev–Trinajstić information content (AvgIpc) is 2.93. The molecule has 1 aliphatic carbocycles. The monoisotopic (exact) mass is 250 g/mol. The van der Waals surface area contributed by atoms with Crippen molar-refractivity contribution in [2.24, 2.45) is 11.7 Å². The average molecular weight is 250 g/mol. The summed E-state index contributed by atoms with van der Waals surface area (Å²) in [5, 5.41) is 4.03. The molecule has 0 aromatic carbocycles. The molecule has 0 radical (unpaired) electrons. The molecule has 18 heavy (non-hydrogen) atoms. The fourth-order valence-electron chi connectivity index (χ4n) is 2.77.